The minimum atomic E-state index is -4.44. The SMILES string of the molecule is COc1cc2nc(-c3nnc4ccc(C(N5CCC(N)C5)C(F)(F)F)cn34)ccc2cc1C. The predicted octanol–water partition coefficient (Wildman–Crippen LogP) is 3.90. The van der Waals surface area contributed by atoms with Crippen molar-refractivity contribution in [3.05, 3.63) is 53.7 Å². The normalized spacial score (nSPS) is 18.3. The number of hydrogen-bond acceptors (Lipinski definition) is 6. The Morgan fingerprint density at radius 1 is 1.15 bits per heavy atom. The Morgan fingerprint density at radius 3 is 2.67 bits per heavy atom. The third kappa shape index (κ3) is 3.89. The number of nitrogens with two attached hydrogens (primary N) is 1. The fourth-order valence-electron chi connectivity index (χ4n) is 4.51. The maximum Gasteiger partial charge on any atom is 0.408 e. The zero-order valence-corrected chi connectivity index (χ0v) is 18.2. The predicted molar refractivity (Wildman–Crippen MR) is 118 cm³/mol. The summed E-state index contributed by atoms with van der Waals surface area (Å²) in [4.78, 5) is 6.06. The summed E-state index contributed by atoms with van der Waals surface area (Å²) in [5.74, 6) is 1.07. The molecule has 0 aliphatic carbocycles. The summed E-state index contributed by atoms with van der Waals surface area (Å²) in [6.07, 6.45) is -2.45. The second-order valence-corrected chi connectivity index (χ2v) is 8.41. The minimum Gasteiger partial charge on any atom is -0.496 e. The van der Waals surface area contributed by atoms with Crippen molar-refractivity contribution in [2.45, 2.75) is 31.6 Å². The lowest BCUT2D eigenvalue weighted by molar-refractivity contribution is -0.183. The molecule has 4 heterocycles. The van der Waals surface area contributed by atoms with E-state index in [2.05, 4.69) is 15.2 Å². The number of alkyl halides is 3. The number of aromatic nitrogens is 4. The number of likely N-dealkylation sites (tertiary alicyclic amines) is 1. The van der Waals surface area contributed by atoms with Crippen molar-refractivity contribution in [1.82, 2.24) is 24.5 Å². The van der Waals surface area contributed by atoms with Gasteiger partial charge in [-0.1, -0.05) is 12.1 Å². The molecule has 1 aliphatic rings. The fourth-order valence-corrected chi connectivity index (χ4v) is 4.51. The third-order valence-corrected chi connectivity index (χ3v) is 6.11. The molecule has 0 amide bonds. The lowest BCUT2D eigenvalue weighted by Gasteiger charge is -2.30. The molecule has 0 radical (unpaired) electrons. The number of pyridine rings is 2. The van der Waals surface area contributed by atoms with Crippen LogP contribution in [0.5, 0.6) is 5.75 Å². The van der Waals surface area contributed by atoms with Gasteiger partial charge in [-0.05, 0) is 42.7 Å². The van der Waals surface area contributed by atoms with Crippen LogP contribution in [-0.4, -0.2) is 56.9 Å². The number of rotatable bonds is 4. The van der Waals surface area contributed by atoms with Gasteiger partial charge in [-0.25, -0.2) is 4.98 Å². The first kappa shape index (κ1) is 21.6. The highest BCUT2D eigenvalue weighted by molar-refractivity contribution is 5.83. The van der Waals surface area contributed by atoms with Gasteiger partial charge in [-0.15, -0.1) is 10.2 Å². The maximum absolute atomic E-state index is 14.1. The Balaban J connectivity index is 1.60. The minimum absolute atomic E-state index is 0.114. The van der Waals surface area contributed by atoms with E-state index >= 15 is 0 Å². The molecular formula is C23H23F3N6O. The molecule has 172 valence electrons. The molecule has 0 spiro atoms. The van der Waals surface area contributed by atoms with Crippen molar-refractivity contribution in [3.8, 4) is 17.3 Å². The van der Waals surface area contributed by atoms with Crippen LogP contribution in [0.3, 0.4) is 0 Å². The largest absolute Gasteiger partial charge is 0.496 e. The lowest BCUT2D eigenvalue weighted by atomic mass is 10.1. The van der Waals surface area contributed by atoms with Gasteiger partial charge in [-0.2, -0.15) is 13.2 Å². The molecule has 2 atom stereocenters. The van der Waals surface area contributed by atoms with Crippen molar-refractivity contribution in [2.75, 3.05) is 20.2 Å². The summed E-state index contributed by atoms with van der Waals surface area (Å²) < 4.78 is 49.1. The number of benzene rings is 1. The van der Waals surface area contributed by atoms with Crippen LogP contribution in [-0.2, 0) is 0 Å². The molecule has 4 aromatic rings. The van der Waals surface area contributed by atoms with Gasteiger partial charge in [0.2, 0.25) is 0 Å². The van der Waals surface area contributed by atoms with E-state index in [-0.39, 0.29) is 18.2 Å². The molecule has 0 bridgehead atoms. The summed E-state index contributed by atoms with van der Waals surface area (Å²) in [6, 6.07) is 8.50. The van der Waals surface area contributed by atoms with E-state index in [1.165, 1.54) is 17.2 Å². The summed E-state index contributed by atoms with van der Waals surface area (Å²) in [5.41, 5.74) is 8.62. The Bertz CT molecular complexity index is 1340. The average Bonchev–Trinajstić information content (AvgIpc) is 3.38. The van der Waals surface area contributed by atoms with Gasteiger partial charge in [0.1, 0.15) is 17.5 Å². The van der Waals surface area contributed by atoms with E-state index in [1.54, 1.807) is 23.6 Å². The zero-order valence-electron chi connectivity index (χ0n) is 18.2. The molecular weight excluding hydrogens is 433 g/mol. The molecule has 3 aromatic heterocycles. The first-order valence-corrected chi connectivity index (χ1v) is 10.6. The van der Waals surface area contributed by atoms with E-state index in [9.17, 15) is 13.2 Å². The number of methoxy groups -OCH3 is 1. The van der Waals surface area contributed by atoms with Gasteiger partial charge in [-0.3, -0.25) is 9.30 Å². The standard InChI is InChI=1S/C23H23F3N6O/c1-13-9-14-3-5-17(28-18(14)10-19(13)33-2)22-30-29-20-6-4-15(11-32(20)22)21(23(24,25)26)31-8-7-16(27)12-31/h3-6,9-11,16,21H,7-8,12,27H2,1-2H3. The molecule has 10 heteroatoms. The Morgan fingerprint density at radius 2 is 1.97 bits per heavy atom. The molecule has 0 saturated carbocycles. The Kier molecular flexibility index (Phi) is 5.21. The number of fused-ring (bicyclic) bond motifs is 2. The smallest absolute Gasteiger partial charge is 0.408 e. The molecule has 2 N–H and O–H groups in total. The van der Waals surface area contributed by atoms with Crippen molar-refractivity contribution in [2.24, 2.45) is 5.73 Å². The second-order valence-electron chi connectivity index (χ2n) is 8.41. The van der Waals surface area contributed by atoms with Crippen molar-refractivity contribution in [1.29, 1.82) is 0 Å². The van der Waals surface area contributed by atoms with Crippen LogP contribution in [0, 0.1) is 6.92 Å². The number of nitrogens with zero attached hydrogens (tertiary/aromatic N) is 5. The van der Waals surface area contributed by atoms with Gasteiger partial charge >= 0.3 is 6.18 Å². The van der Waals surface area contributed by atoms with Gasteiger partial charge in [0, 0.05) is 36.8 Å². The van der Waals surface area contributed by atoms with Crippen LogP contribution in [0.4, 0.5) is 13.2 Å². The highest BCUT2D eigenvalue weighted by atomic mass is 19.4. The molecule has 5 rings (SSSR count). The molecule has 1 fully saturated rings. The number of halogens is 3. The lowest BCUT2D eigenvalue weighted by Crippen LogP contribution is -2.38. The summed E-state index contributed by atoms with van der Waals surface area (Å²) in [7, 11) is 1.59. The number of hydrogen-bond donors (Lipinski definition) is 1. The van der Waals surface area contributed by atoms with E-state index in [4.69, 9.17) is 10.5 Å². The molecule has 33 heavy (non-hydrogen) atoms. The molecule has 7 nitrogen and oxygen atoms in total. The third-order valence-electron chi connectivity index (χ3n) is 6.11. The fraction of sp³-hybridized carbons (Fsp3) is 0.348. The van der Waals surface area contributed by atoms with Crippen LogP contribution in [0.1, 0.15) is 23.6 Å². The van der Waals surface area contributed by atoms with Crippen LogP contribution in [0.2, 0.25) is 0 Å². The first-order chi connectivity index (χ1) is 15.7. The van der Waals surface area contributed by atoms with Gasteiger partial charge in [0.25, 0.3) is 0 Å². The van der Waals surface area contributed by atoms with Crippen molar-refractivity contribution < 1.29 is 17.9 Å². The van der Waals surface area contributed by atoms with Crippen LogP contribution in [0.25, 0.3) is 28.1 Å². The van der Waals surface area contributed by atoms with E-state index in [1.807, 2.05) is 25.1 Å². The van der Waals surface area contributed by atoms with Gasteiger partial charge in [0.15, 0.2) is 11.5 Å². The van der Waals surface area contributed by atoms with Crippen molar-refractivity contribution >= 4 is 16.6 Å². The van der Waals surface area contributed by atoms with Gasteiger partial charge < -0.3 is 10.5 Å². The quantitative estimate of drug-likeness (QED) is 0.502. The highest BCUT2D eigenvalue weighted by Gasteiger charge is 2.46. The summed E-state index contributed by atoms with van der Waals surface area (Å²) in [5, 5.41) is 9.26. The molecule has 1 aromatic carbocycles. The summed E-state index contributed by atoms with van der Waals surface area (Å²) in [6.45, 7) is 2.45. The zero-order chi connectivity index (χ0) is 23.3. The first-order valence-electron chi connectivity index (χ1n) is 10.6. The van der Waals surface area contributed by atoms with E-state index in [0.29, 0.717) is 41.4 Å². The monoisotopic (exact) mass is 456 g/mol. The van der Waals surface area contributed by atoms with Crippen molar-refractivity contribution in [3.63, 3.8) is 0 Å². The van der Waals surface area contributed by atoms with E-state index in [0.717, 1.165) is 10.9 Å². The van der Waals surface area contributed by atoms with Crippen LogP contribution >= 0.6 is 0 Å². The van der Waals surface area contributed by atoms with Gasteiger partial charge in [0.05, 0.1) is 12.6 Å². The number of ether oxygens (including phenoxy) is 1. The Hall–Kier alpha value is -3.24. The maximum atomic E-state index is 14.1. The average molecular weight is 456 g/mol. The van der Waals surface area contributed by atoms with E-state index < -0.39 is 12.2 Å². The summed E-state index contributed by atoms with van der Waals surface area (Å²) >= 11 is 0. The van der Waals surface area contributed by atoms with Crippen LogP contribution in [0.15, 0.2) is 42.6 Å². The van der Waals surface area contributed by atoms with Crippen LogP contribution < -0.4 is 10.5 Å². The molecule has 1 saturated heterocycles. The second kappa shape index (κ2) is 7.96. The molecule has 1 aliphatic heterocycles. The Labute approximate surface area is 188 Å². The topological polar surface area (TPSA) is 81.6 Å². The number of aryl methyl sites for hydroxylation is 1. The molecule has 2 unspecified atom stereocenters. The highest BCUT2D eigenvalue weighted by Crippen LogP contribution is 2.39.